The maximum atomic E-state index is 12.4. The molecule has 2 aromatic carbocycles. The molecule has 0 saturated heterocycles. The van der Waals surface area contributed by atoms with Gasteiger partial charge in [0, 0.05) is 17.7 Å². The Morgan fingerprint density at radius 1 is 1.34 bits per heavy atom. The minimum Gasteiger partial charge on any atom is -0.406 e. The van der Waals surface area contributed by atoms with Crippen LogP contribution in [0.4, 0.5) is 18.9 Å². The van der Waals surface area contributed by atoms with Crippen molar-refractivity contribution in [2.24, 2.45) is 0 Å². The minimum absolute atomic E-state index is 0.0380. The fraction of sp³-hybridized carbons (Fsp3) is 0.105. The van der Waals surface area contributed by atoms with Gasteiger partial charge in [-0.15, -0.1) is 24.5 Å². The van der Waals surface area contributed by atoms with Crippen molar-refractivity contribution in [1.82, 2.24) is 10.5 Å². The van der Waals surface area contributed by atoms with E-state index in [4.69, 9.17) is 4.62 Å². The van der Waals surface area contributed by atoms with Crippen LogP contribution in [0.2, 0.25) is 0 Å². The van der Waals surface area contributed by atoms with Crippen LogP contribution >= 0.6 is 39.8 Å². The molecule has 0 radical (unpaired) electrons. The molecule has 13 heteroatoms. The van der Waals surface area contributed by atoms with Gasteiger partial charge in [-0.1, -0.05) is 18.7 Å². The van der Waals surface area contributed by atoms with Gasteiger partial charge in [-0.2, -0.15) is 5.26 Å². The van der Waals surface area contributed by atoms with Gasteiger partial charge in [0.2, 0.25) is 0 Å². The molecule has 0 aliphatic rings. The number of hydroxylamine groups is 1. The highest BCUT2D eigenvalue weighted by Crippen LogP contribution is 2.37. The molecule has 1 amide bonds. The second kappa shape index (κ2) is 10.4. The number of nitrogens with one attached hydrogen (secondary N) is 2. The number of carbonyl (C=O) groups excluding carboxylic acids is 1. The second-order valence-electron chi connectivity index (χ2n) is 6.13. The normalized spacial score (nSPS) is 11.5. The number of nitrogens with zero attached hydrogens (tertiary/aromatic N) is 2. The molecular formula is C19H13F3IN4O3PS. The number of anilines is 1. The molecule has 3 aromatic rings. The van der Waals surface area contributed by atoms with Gasteiger partial charge in [0.1, 0.15) is 18.3 Å². The number of ether oxygens (including phenoxy) is 1. The summed E-state index contributed by atoms with van der Waals surface area (Å²) in [6, 6.07) is 9.14. The van der Waals surface area contributed by atoms with Crippen LogP contribution in [-0.4, -0.2) is 23.8 Å². The smallest absolute Gasteiger partial charge is 0.406 e. The van der Waals surface area contributed by atoms with E-state index >= 15 is 0 Å². The molecule has 0 aliphatic carbocycles. The second-order valence-corrected chi connectivity index (χ2v) is 8.66. The van der Waals surface area contributed by atoms with E-state index in [0.29, 0.717) is 32.6 Å². The molecule has 0 saturated carbocycles. The summed E-state index contributed by atoms with van der Waals surface area (Å²) in [6.07, 6.45) is -4.79. The number of hydrogen-bond acceptors (Lipinski definition) is 7. The van der Waals surface area contributed by atoms with Crippen LogP contribution in [0.15, 0.2) is 48.0 Å². The maximum Gasteiger partial charge on any atom is 0.573 e. The molecule has 2 N–H and O–H groups in total. The first-order valence-corrected chi connectivity index (χ1v) is 13.5. The van der Waals surface area contributed by atoms with Gasteiger partial charge in [0.15, 0.2) is 0 Å². The Hall–Kier alpha value is -2.46. The quantitative estimate of drug-likeness (QED) is 0.151. The first-order valence-electron chi connectivity index (χ1n) is 8.63. The van der Waals surface area contributed by atoms with Crippen molar-refractivity contribution in [3.05, 3.63) is 53.6 Å². The van der Waals surface area contributed by atoms with Gasteiger partial charge < -0.3 is 10.1 Å². The Balaban J connectivity index is 1.93. The number of halogens is 4. The van der Waals surface area contributed by atoms with E-state index in [2.05, 4.69) is 33.2 Å². The van der Waals surface area contributed by atoms with Crippen LogP contribution in [-0.2, 0) is 9.42 Å². The fourth-order valence-electron chi connectivity index (χ4n) is 2.75. The summed E-state index contributed by atoms with van der Waals surface area (Å²) in [5, 5.41) is 12.7. The standard InChI is InChI=1S/C19H13F3IN4O3PS/c1-10(18(28)27-30-31-23)8-25-15-6-13(16-17(14(15)7-24)32-9-26-16)11-2-4-12(5-3-11)29-19(20,21)22/h2-6,9,25,31H,1,8H2,(H,27,28). The number of carbonyl (C=O) groups is 1. The molecule has 166 valence electrons. The van der Waals surface area contributed by atoms with Crippen LogP contribution in [0.3, 0.4) is 0 Å². The van der Waals surface area contributed by atoms with Gasteiger partial charge in [0.25, 0.3) is 5.91 Å². The van der Waals surface area contributed by atoms with Gasteiger partial charge in [-0.25, -0.2) is 15.1 Å². The van der Waals surface area contributed by atoms with Crippen molar-refractivity contribution in [3.8, 4) is 22.9 Å². The summed E-state index contributed by atoms with van der Waals surface area (Å²) in [5.74, 6) is -0.848. The summed E-state index contributed by atoms with van der Waals surface area (Å²) in [5.41, 5.74) is 6.49. The van der Waals surface area contributed by atoms with Gasteiger partial charge in [0.05, 0.1) is 27.0 Å². The van der Waals surface area contributed by atoms with E-state index in [1.165, 1.54) is 35.6 Å². The SMILES string of the molecule is C=C(CNc1cc(-c2ccc(OC(F)(F)F)cc2)c2ncsc2c1C#N)C(=O)NOPI. The summed E-state index contributed by atoms with van der Waals surface area (Å²) >= 11 is 3.21. The zero-order valence-corrected chi connectivity index (χ0v) is 19.9. The van der Waals surface area contributed by atoms with Crippen molar-refractivity contribution in [2.45, 2.75) is 6.36 Å². The molecule has 1 atom stereocenters. The predicted octanol–water partition coefficient (Wildman–Crippen LogP) is 5.69. The third-order valence-corrected chi connectivity index (χ3v) is 5.80. The van der Waals surface area contributed by atoms with Crippen molar-refractivity contribution < 1.29 is 27.3 Å². The lowest BCUT2D eigenvalue weighted by Gasteiger charge is -2.14. The van der Waals surface area contributed by atoms with Crippen LogP contribution in [0, 0.1) is 11.3 Å². The molecule has 0 aliphatic heterocycles. The first kappa shape index (κ1) is 24.2. The largest absolute Gasteiger partial charge is 0.573 e. The van der Waals surface area contributed by atoms with E-state index in [1.54, 1.807) is 11.6 Å². The molecule has 1 aromatic heterocycles. The number of alkyl halides is 3. The van der Waals surface area contributed by atoms with E-state index < -0.39 is 12.3 Å². The number of amides is 1. The van der Waals surface area contributed by atoms with E-state index in [0.717, 1.165) is 0 Å². The summed E-state index contributed by atoms with van der Waals surface area (Å²) in [6.45, 7) is 3.78. The van der Waals surface area contributed by atoms with Crippen LogP contribution < -0.4 is 15.5 Å². The third-order valence-electron chi connectivity index (χ3n) is 4.11. The summed E-state index contributed by atoms with van der Waals surface area (Å²) in [4.78, 5) is 16.2. The van der Waals surface area contributed by atoms with Crippen molar-refractivity contribution >= 4 is 61.6 Å². The minimum atomic E-state index is -4.79. The van der Waals surface area contributed by atoms with Crippen LogP contribution in [0.5, 0.6) is 5.75 Å². The van der Waals surface area contributed by atoms with Crippen LogP contribution in [0.25, 0.3) is 21.3 Å². The zero-order chi connectivity index (χ0) is 23.3. The number of nitriles is 1. The van der Waals surface area contributed by atoms with Gasteiger partial charge >= 0.3 is 6.36 Å². The van der Waals surface area contributed by atoms with E-state index in [-0.39, 0.29) is 24.3 Å². The topological polar surface area (TPSA) is 96.3 Å². The van der Waals surface area contributed by atoms with Gasteiger partial charge in [-0.3, -0.25) is 4.79 Å². The lowest BCUT2D eigenvalue weighted by Crippen LogP contribution is -2.25. The first-order chi connectivity index (χ1) is 15.2. The average Bonchev–Trinajstić information content (AvgIpc) is 3.24. The highest BCUT2D eigenvalue weighted by Gasteiger charge is 2.31. The predicted molar refractivity (Wildman–Crippen MR) is 126 cm³/mol. The molecule has 1 unspecified atom stereocenters. The van der Waals surface area contributed by atoms with Crippen molar-refractivity contribution in [1.29, 1.82) is 5.26 Å². The number of thiazole rings is 1. The number of hydrogen-bond donors (Lipinski definition) is 2. The highest BCUT2D eigenvalue weighted by molar-refractivity contribution is 14.2. The number of benzene rings is 2. The Morgan fingerprint density at radius 2 is 2.06 bits per heavy atom. The molecule has 32 heavy (non-hydrogen) atoms. The molecule has 0 fully saturated rings. The van der Waals surface area contributed by atoms with Gasteiger partial charge in [-0.05, 0) is 45.8 Å². The number of fused-ring (bicyclic) bond motifs is 1. The molecule has 0 bridgehead atoms. The number of rotatable bonds is 8. The Morgan fingerprint density at radius 3 is 2.69 bits per heavy atom. The summed E-state index contributed by atoms with van der Waals surface area (Å²) < 4.78 is 46.7. The van der Waals surface area contributed by atoms with E-state index in [1.807, 2.05) is 22.0 Å². The number of aromatic nitrogens is 1. The Kier molecular flexibility index (Phi) is 7.89. The van der Waals surface area contributed by atoms with E-state index in [9.17, 15) is 23.2 Å². The maximum absolute atomic E-state index is 12.4. The molecular weight excluding hydrogens is 579 g/mol. The molecule has 3 rings (SSSR count). The zero-order valence-electron chi connectivity index (χ0n) is 15.9. The Bertz CT molecular complexity index is 1200. The van der Waals surface area contributed by atoms with Crippen LogP contribution in [0.1, 0.15) is 5.56 Å². The third kappa shape index (κ3) is 5.86. The monoisotopic (exact) mass is 592 g/mol. The molecule has 1 heterocycles. The highest BCUT2D eigenvalue weighted by atomic mass is 127. The average molecular weight is 592 g/mol. The molecule has 7 nitrogen and oxygen atoms in total. The van der Waals surface area contributed by atoms with Crippen molar-refractivity contribution in [2.75, 3.05) is 11.9 Å². The lowest BCUT2D eigenvalue weighted by atomic mass is 10.0. The lowest BCUT2D eigenvalue weighted by molar-refractivity contribution is -0.274. The molecule has 0 spiro atoms. The van der Waals surface area contributed by atoms with Crippen molar-refractivity contribution in [3.63, 3.8) is 0 Å². The Labute approximate surface area is 198 Å². The fourth-order valence-corrected chi connectivity index (χ4v) is 4.02. The summed E-state index contributed by atoms with van der Waals surface area (Å²) in [7, 11) is 0.